The van der Waals surface area contributed by atoms with Crippen LogP contribution in [0.2, 0.25) is 0 Å². The van der Waals surface area contributed by atoms with Gasteiger partial charge in [0.25, 0.3) is 0 Å². The first-order valence-electron chi connectivity index (χ1n) is 8.09. The van der Waals surface area contributed by atoms with Crippen molar-refractivity contribution in [2.24, 2.45) is 0 Å². The molecule has 0 aliphatic rings. The molecule has 136 valence electrons. The van der Waals surface area contributed by atoms with Gasteiger partial charge in [-0.1, -0.05) is 53.4 Å². The summed E-state index contributed by atoms with van der Waals surface area (Å²) in [6, 6.07) is 0. The second kappa shape index (κ2) is 50.3. The highest BCUT2D eigenvalue weighted by Gasteiger charge is 1.70. The normalized spacial score (nSPS) is 8.00. The lowest BCUT2D eigenvalue weighted by atomic mass is 10.4. The van der Waals surface area contributed by atoms with E-state index in [9.17, 15) is 0 Å². The average molecular weight is 314 g/mol. The van der Waals surface area contributed by atoms with Crippen molar-refractivity contribution >= 4 is 0 Å². The lowest BCUT2D eigenvalue weighted by Crippen LogP contribution is -1.75. The Morgan fingerprint density at radius 3 is 0.571 bits per heavy atom. The van der Waals surface area contributed by atoms with Gasteiger partial charge in [-0.05, 0) is 25.7 Å². The van der Waals surface area contributed by atoms with Crippen molar-refractivity contribution < 1.29 is 20.4 Å². The van der Waals surface area contributed by atoms with Crippen LogP contribution in [0, 0.1) is 0 Å². The van der Waals surface area contributed by atoms with Crippen LogP contribution in [0.25, 0.3) is 0 Å². The monoisotopic (exact) mass is 313 g/mol. The smallest absolute Gasteiger partial charge is 0.0430 e. The summed E-state index contributed by atoms with van der Waals surface area (Å²) in [7, 11) is 0. The molecule has 5 nitrogen and oxygen atoms in total. The highest BCUT2D eigenvalue weighted by Crippen LogP contribution is 1.80. The summed E-state index contributed by atoms with van der Waals surface area (Å²) in [5.74, 6) is 0. The summed E-state index contributed by atoms with van der Waals surface area (Å²) in [5, 5.41) is 32.3. The minimum absolute atomic E-state index is 0. The van der Waals surface area contributed by atoms with Gasteiger partial charge in [0, 0.05) is 26.4 Å². The molecule has 7 N–H and O–H groups in total. The van der Waals surface area contributed by atoms with Gasteiger partial charge in [0.2, 0.25) is 0 Å². The highest BCUT2D eigenvalue weighted by atomic mass is 16.3. The van der Waals surface area contributed by atoms with Gasteiger partial charge in [0.1, 0.15) is 0 Å². The van der Waals surface area contributed by atoms with Crippen molar-refractivity contribution in [3.63, 3.8) is 0 Å². The van der Waals surface area contributed by atoms with Crippen LogP contribution >= 0.6 is 0 Å². The molecule has 0 aliphatic carbocycles. The molecule has 0 saturated heterocycles. The lowest BCUT2D eigenvalue weighted by molar-refractivity contribution is 0.286. The van der Waals surface area contributed by atoms with Crippen LogP contribution in [0.5, 0.6) is 0 Å². The van der Waals surface area contributed by atoms with E-state index < -0.39 is 0 Å². The van der Waals surface area contributed by atoms with Crippen LogP contribution in [0.4, 0.5) is 0 Å². The Bertz CT molecular complexity index is 74.3. The van der Waals surface area contributed by atoms with E-state index in [1.165, 1.54) is 0 Å². The minimum Gasteiger partial charge on any atom is -0.396 e. The van der Waals surface area contributed by atoms with E-state index >= 15 is 0 Å². The first-order chi connectivity index (χ1) is 9.66. The van der Waals surface area contributed by atoms with Crippen molar-refractivity contribution in [3.8, 4) is 0 Å². The summed E-state index contributed by atoms with van der Waals surface area (Å²) >= 11 is 0. The van der Waals surface area contributed by atoms with Crippen LogP contribution < -0.4 is 6.15 Å². The Kier molecular flexibility index (Phi) is 78.2. The second-order valence-electron chi connectivity index (χ2n) is 4.31. The zero-order chi connectivity index (χ0) is 16.5. The van der Waals surface area contributed by atoms with Crippen LogP contribution in [0.1, 0.15) is 79.1 Å². The van der Waals surface area contributed by atoms with E-state index in [4.69, 9.17) is 20.4 Å². The fourth-order valence-corrected chi connectivity index (χ4v) is 0.632. The van der Waals surface area contributed by atoms with E-state index in [1.807, 2.05) is 0 Å². The number of rotatable bonds is 8. The van der Waals surface area contributed by atoms with E-state index in [2.05, 4.69) is 27.7 Å². The van der Waals surface area contributed by atoms with E-state index in [-0.39, 0.29) is 6.15 Å². The fraction of sp³-hybridized carbons (Fsp3) is 1.00. The number of hydrogen-bond donors (Lipinski definition) is 5. The van der Waals surface area contributed by atoms with Gasteiger partial charge in [0.05, 0.1) is 0 Å². The Balaban J connectivity index is -0.0000000533. The molecule has 0 fully saturated rings. The standard InChI is InChI=1S/4C4H10O.H3N/c4*1-2-3-4-5;/h4*5H,2-4H2,1H3;1H3. The molecule has 0 unspecified atom stereocenters. The predicted octanol–water partition coefficient (Wildman–Crippen LogP) is 3.28. The highest BCUT2D eigenvalue weighted by molar-refractivity contribution is 4.24. The molecule has 0 aliphatic heterocycles. The maximum atomic E-state index is 8.07. The molecule has 0 aromatic heterocycles. The van der Waals surface area contributed by atoms with Crippen LogP contribution in [0.3, 0.4) is 0 Å². The molecule has 0 amide bonds. The quantitative estimate of drug-likeness (QED) is 0.471. The molecule has 21 heavy (non-hydrogen) atoms. The van der Waals surface area contributed by atoms with Crippen LogP contribution in [-0.4, -0.2) is 46.9 Å². The largest absolute Gasteiger partial charge is 0.396 e. The lowest BCUT2D eigenvalue weighted by Gasteiger charge is -1.79. The predicted molar refractivity (Wildman–Crippen MR) is 93.0 cm³/mol. The third kappa shape index (κ3) is 103. The molecule has 0 heterocycles. The van der Waals surface area contributed by atoms with Gasteiger partial charge >= 0.3 is 0 Å². The molecular formula is C16H43NO4. The Morgan fingerprint density at radius 2 is 0.571 bits per heavy atom. The Hall–Kier alpha value is -0.200. The third-order valence-electron chi connectivity index (χ3n) is 2.05. The van der Waals surface area contributed by atoms with Crippen LogP contribution in [0.15, 0.2) is 0 Å². The van der Waals surface area contributed by atoms with Gasteiger partial charge < -0.3 is 26.6 Å². The van der Waals surface area contributed by atoms with Crippen molar-refractivity contribution in [1.29, 1.82) is 0 Å². The summed E-state index contributed by atoms with van der Waals surface area (Å²) in [4.78, 5) is 0. The zero-order valence-electron chi connectivity index (χ0n) is 15.0. The van der Waals surface area contributed by atoms with E-state index in [1.54, 1.807) is 0 Å². The summed E-state index contributed by atoms with van der Waals surface area (Å²) in [6.07, 6.45) is 8.15. The second-order valence-corrected chi connectivity index (χ2v) is 4.31. The summed E-state index contributed by atoms with van der Waals surface area (Å²) in [5.41, 5.74) is 0. The molecule has 0 radical (unpaired) electrons. The maximum absolute atomic E-state index is 8.07. The van der Waals surface area contributed by atoms with Crippen molar-refractivity contribution in [1.82, 2.24) is 6.15 Å². The average Bonchev–Trinajstić information content (AvgIpc) is 2.44. The number of aliphatic hydroxyl groups is 4. The zero-order valence-corrected chi connectivity index (χ0v) is 15.0. The van der Waals surface area contributed by atoms with Crippen molar-refractivity contribution in [2.45, 2.75) is 79.1 Å². The van der Waals surface area contributed by atoms with Crippen LogP contribution in [-0.2, 0) is 0 Å². The molecule has 0 rings (SSSR count). The van der Waals surface area contributed by atoms with Gasteiger partial charge in [-0.25, -0.2) is 0 Å². The first-order valence-corrected chi connectivity index (χ1v) is 8.09. The topological polar surface area (TPSA) is 116 Å². The molecule has 0 aromatic rings. The van der Waals surface area contributed by atoms with E-state index in [0.29, 0.717) is 26.4 Å². The molecule has 0 atom stereocenters. The summed E-state index contributed by atoms with van der Waals surface area (Å²) in [6.45, 7) is 9.58. The van der Waals surface area contributed by atoms with Gasteiger partial charge in [-0.2, -0.15) is 0 Å². The Labute approximate surface area is 133 Å². The van der Waals surface area contributed by atoms with Crippen molar-refractivity contribution in [2.75, 3.05) is 26.4 Å². The maximum Gasteiger partial charge on any atom is 0.0430 e. The number of hydrogen-bond acceptors (Lipinski definition) is 5. The molecule has 0 saturated carbocycles. The minimum atomic E-state index is 0. The van der Waals surface area contributed by atoms with Crippen molar-refractivity contribution in [3.05, 3.63) is 0 Å². The fourth-order valence-electron chi connectivity index (χ4n) is 0.632. The molecule has 5 heteroatoms. The third-order valence-corrected chi connectivity index (χ3v) is 2.05. The first kappa shape index (κ1) is 32.7. The number of aliphatic hydroxyl groups excluding tert-OH is 4. The van der Waals surface area contributed by atoms with Gasteiger partial charge in [0.15, 0.2) is 0 Å². The summed E-state index contributed by atoms with van der Waals surface area (Å²) < 4.78 is 0. The molecule has 0 spiro atoms. The van der Waals surface area contributed by atoms with Gasteiger partial charge in [-0.15, -0.1) is 0 Å². The molecular weight excluding hydrogens is 270 g/mol. The Morgan fingerprint density at radius 1 is 0.429 bits per heavy atom. The van der Waals surface area contributed by atoms with E-state index in [0.717, 1.165) is 51.4 Å². The SMILES string of the molecule is CCCCO.CCCCO.CCCCO.CCCCO.N. The molecule has 0 aromatic carbocycles. The van der Waals surface area contributed by atoms with Gasteiger partial charge in [-0.3, -0.25) is 0 Å². The molecule has 0 bridgehead atoms. The number of unbranched alkanes of at least 4 members (excludes halogenated alkanes) is 4.